The van der Waals surface area contributed by atoms with E-state index >= 15 is 0 Å². The van der Waals surface area contributed by atoms with E-state index in [1.807, 2.05) is 0 Å². The second-order valence-electron chi connectivity index (χ2n) is 4.16. The van der Waals surface area contributed by atoms with Crippen molar-refractivity contribution in [1.82, 2.24) is 14.9 Å². The molecule has 1 aromatic heterocycles. The maximum absolute atomic E-state index is 12.3. The number of nitrogens with zero attached hydrogens (tertiary/aromatic N) is 3. The summed E-state index contributed by atoms with van der Waals surface area (Å²) in [4.78, 5) is 9.50. The first-order chi connectivity index (χ1) is 7.85. The van der Waals surface area contributed by atoms with Gasteiger partial charge in [-0.1, -0.05) is 0 Å². The summed E-state index contributed by atoms with van der Waals surface area (Å²) in [6.07, 6.45) is -3.70. The Morgan fingerprint density at radius 3 is 2.71 bits per heavy atom. The molecule has 2 rings (SSSR count). The van der Waals surface area contributed by atoms with Gasteiger partial charge in [-0.2, -0.15) is 13.2 Å². The van der Waals surface area contributed by atoms with Crippen molar-refractivity contribution in [2.75, 3.05) is 18.8 Å². The fraction of sp³-hybridized carbons (Fsp3) is 0.600. The second kappa shape index (κ2) is 4.14. The summed E-state index contributed by atoms with van der Waals surface area (Å²) in [5.74, 6) is 0.852. The Kier molecular flexibility index (Phi) is 2.94. The van der Waals surface area contributed by atoms with Crippen LogP contribution in [0.5, 0.6) is 0 Å². The number of rotatable bonds is 1. The molecule has 1 aliphatic heterocycles. The third-order valence-corrected chi connectivity index (χ3v) is 2.69. The Bertz CT molecular complexity index is 430. The lowest BCUT2D eigenvalue weighted by Gasteiger charge is -2.29. The van der Waals surface area contributed by atoms with E-state index in [0.717, 1.165) is 5.69 Å². The number of fused-ring (bicyclic) bond motifs is 1. The van der Waals surface area contributed by atoms with Gasteiger partial charge in [0.2, 0.25) is 0 Å². The molecule has 0 atom stereocenters. The maximum Gasteiger partial charge on any atom is 0.401 e. The molecule has 0 saturated carbocycles. The van der Waals surface area contributed by atoms with E-state index in [-0.39, 0.29) is 6.54 Å². The van der Waals surface area contributed by atoms with E-state index in [4.69, 9.17) is 5.73 Å². The van der Waals surface area contributed by atoms with Gasteiger partial charge in [0, 0.05) is 25.1 Å². The predicted molar refractivity (Wildman–Crippen MR) is 56.2 cm³/mol. The molecule has 2 heterocycles. The molecular weight excluding hydrogens is 233 g/mol. The van der Waals surface area contributed by atoms with Gasteiger partial charge in [-0.3, -0.25) is 4.90 Å². The average Bonchev–Trinajstić information content (AvgIpc) is 2.16. The first-order valence-electron chi connectivity index (χ1n) is 5.26. The van der Waals surface area contributed by atoms with Crippen molar-refractivity contribution in [3.63, 3.8) is 0 Å². The number of aryl methyl sites for hydroxylation is 1. The van der Waals surface area contributed by atoms with Crippen molar-refractivity contribution in [3.8, 4) is 0 Å². The zero-order valence-electron chi connectivity index (χ0n) is 9.38. The third-order valence-electron chi connectivity index (χ3n) is 2.69. The zero-order chi connectivity index (χ0) is 12.6. The van der Waals surface area contributed by atoms with Crippen LogP contribution in [-0.4, -0.2) is 34.1 Å². The van der Waals surface area contributed by atoms with Crippen LogP contribution in [0, 0.1) is 6.92 Å². The third kappa shape index (κ3) is 2.85. The number of alkyl halides is 3. The molecule has 0 fully saturated rings. The number of halogens is 3. The van der Waals surface area contributed by atoms with Crippen LogP contribution in [0.3, 0.4) is 0 Å². The highest BCUT2D eigenvalue weighted by atomic mass is 19.4. The van der Waals surface area contributed by atoms with Crippen molar-refractivity contribution >= 4 is 5.82 Å². The van der Waals surface area contributed by atoms with Gasteiger partial charge in [-0.15, -0.1) is 0 Å². The molecule has 0 aromatic carbocycles. The van der Waals surface area contributed by atoms with Gasteiger partial charge >= 0.3 is 6.18 Å². The van der Waals surface area contributed by atoms with Crippen molar-refractivity contribution in [3.05, 3.63) is 17.1 Å². The Balaban J connectivity index is 2.19. The number of anilines is 1. The molecule has 0 unspecified atom stereocenters. The van der Waals surface area contributed by atoms with E-state index in [9.17, 15) is 13.2 Å². The fourth-order valence-corrected chi connectivity index (χ4v) is 2.01. The van der Waals surface area contributed by atoms with E-state index < -0.39 is 12.7 Å². The summed E-state index contributed by atoms with van der Waals surface area (Å²) in [6.45, 7) is 1.32. The van der Waals surface area contributed by atoms with Crippen LogP contribution in [-0.2, 0) is 13.0 Å². The molecule has 94 valence electrons. The van der Waals surface area contributed by atoms with Crippen LogP contribution in [0.2, 0.25) is 0 Å². The summed E-state index contributed by atoms with van der Waals surface area (Å²) in [5, 5.41) is 0. The highest BCUT2D eigenvalue weighted by Crippen LogP contribution is 2.25. The smallest absolute Gasteiger partial charge is 0.383 e. The van der Waals surface area contributed by atoms with Gasteiger partial charge in [0.25, 0.3) is 0 Å². The molecule has 2 N–H and O–H groups in total. The molecule has 0 amide bonds. The zero-order valence-corrected chi connectivity index (χ0v) is 9.38. The van der Waals surface area contributed by atoms with Gasteiger partial charge in [0.1, 0.15) is 11.6 Å². The highest BCUT2D eigenvalue weighted by molar-refractivity contribution is 5.43. The minimum atomic E-state index is -4.18. The summed E-state index contributed by atoms with van der Waals surface area (Å²) >= 11 is 0. The van der Waals surface area contributed by atoms with Crippen molar-refractivity contribution in [2.45, 2.75) is 26.1 Å². The molecule has 17 heavy (non-hydrogen) atoms. The standard InChI is InChI=1S/C10H13F3N4/c1-6-15-8-2-3-17(5-10(11,12)13)4-7(8)9(14)16-6/h2-5H2,1H3,(H2,14,15,16). The topological polar surface area (TPSA) is 55.0 Å². The Hall–Kier alpha value is -1.37. The van der Waals surface area contributed by atoms with Gasteiger partial charge in [-0.25, -0.2) is 9.97 Å². The van der Waals surface area contributed by atoms with Crippen LogP contribution >= 0.6 is 0 Å². The summed E-state index contributed by atoms with van der Waals surface area (Å²) in [7, 11) is 0. The van der Waals surface area contributed by atoms with E-state index in [1.54, 1.807) is 6.92 Å². The van der Waals surface area contributed by atoms with Crippen LogP contribution < -0.4 is 5.73 Å². The SMILES string of the molecule is Cc1nc(N)c2c(n1)CCN(CC(F)(F)F)C2. The molecule has 1 aliphatic rings. The molecule has 4 nitrogen and oxygen atoms in total. The van der Waals surface area contributed by atoms with Gasteiger partial charge in [-0.05, 0) is 6.92 Å². The molecular formula is C10H13F3N4. The molecule has 1 aromatic rings. The first kappa shape index (κ1) is 12.1. The lowest BCUT2D eigenvalue weighted by molar-refractivity contribution is -0.147. The lowest BCUT2D eigenvalue weighted by Crippen LogP contribution is -2.38. The van der Waals surface area contributed by atoms with Crippen molar-refractivity contribution < 1.29 is 13.2 Å². The predicted octanol–water partition coefficient (Wildman–Crippen LogP) is 1.29. The molecule has 0 spiro atoms. The monoisotopic (exact) mass is 246 g/mol. The van der Waals surface area contributed by atoms with Crippen LogP contribution in [0.4, 0.5) is 19.0 Å². The van der Waals surface area contributed by atoms with Crippen LogP contribution in [0.15, 0.2) is 0 Å². The molecule has 0 radical (unpaired) electrons. The summed E-state index contributed by atoms with van der Waals surface area (Å²) in [6, 6.07) is 0. The lowest BCUT2D eigenvalue weighted by atomic mass is 10.1. The van der Waals surface area contributed by atoms with E-state index in [1.165, 1.54) is 4.90 Å². The van der Waals surface area contributed by atoms with Gasteiger partial charge in [0.05, 0.1) is 12.2 Å². The summed E-state index contributed by atoms with van der Waals surface area (Å²) < 4.78 is 36.8. The van der Waals surface area contributed by atoms with Crippen LogP contribution in [0.25, 0.3) is 0 Å². The highest BCUT2D eigenvalue weighted by Gasteiger charge is 2.33. The molecule has 0 saturated heterocycles. The molecule has 0 bridgehead atoms. The molecule has 7 heteroatoms. The Morgan fingerprint density at radius 2 is 2.06 bits per heavy atom. The van der Waals surface area contributed by atoms with E-state index in [0.29, 0.717) is 30.2 Å². The number of nitrogen functional groups attached to an aromatic ring is 1. The van der Waals surface area contributed by atoms with Gasteiger partial charge < -0.3 is 5.73 Å². The number of hydrogen-bond donors (Lipinski definition) is 1. The average molecular weight is 246 g/mol. The number of nitrogens with two attached hydrogens (primary N) is 1. The Labute approximate surface area is 96.7 Å². The second-order valence-corrected chi connectivity index (χ2v) is 4.16. The first-order valence-corrected chi connectivity index (χ1v) is 5.26. The van der Waals surface area contributed by atoms with Crippen LogP contribution in [0.1, 0.15) is 17.1 Å². The Morgan fingerprint density at radius 1 is 1.35 bits per heavy atom. The van der Waals surface area contributed by atoms with Crippen molar-refractivity contribution in [2.24, 2.45) is 0 Å². The fourth-order valence-electron chi connectivity index (χ4n) is 2.01. The number of aromatic nitrogens is 2. The molecule has 0 aliphatic carbocycles. The quantitative estimate of drug-likeness (QED) is 0.811. The maximum atomic E-state index is 12.3. The minimum absolute atomic E-state index is 0.168. The van der Waals surface area contributed by atoms with Gasteiger partial charge in [0.15, 0.2) is 0 Å². The van der Waals surface area contributed by atoms with Crippen molar-refractivity contribution in [1.29, 1.82) is 0 Å². The largest absolute Gasteiger partial charge is 0.401 e. The number of hydrogen-bond acceptors (Lipinski definition) is 4. The summed E-state index contributed by atoms with van der Waals surface area (Å²) in [5.41, 5.74) is 7.11. The normalized spacial score (nSPS) is 16.9. The minimum Gasteiger partial charge on any atom is -0.383 e. The van der Waals surface area contributed by atoms with E-state index in [2.05, 4.69) is 9.97 Å².